The number of nitrogens with zero attached hydrogens (tertiary/aromatic N) is 1. The molecule has 1 aliphatic heterocycles. The fourth-order valence-corrected chi connectivity index (χ4v) is 4.89. The number of nitrogens with one attached hydrogen (secondary N) is 1. The Kier molecular flexibility index (Phi) is 7.32. The van der Waals surface area contributed by atoms with Crippen LogP contribution < -0.4 is 5.32 Å². The summed E-state index contributed by atoms with van der Waals surface area (Å²) in [6.07, 6.45) is 0. The monoisotopic (exact) mass is 466 g/mol. The van der Waals surface area contributed by atoms with Gasteiger partial charge in [0, 0.05) is 23.8 Å². The number of rotatable bonds is 6. The molecule has 1 aliphatic rings. The van der Waals surface area contributed by atoms with Gasteiger partial charge in [0.05, 0.1) is 23.7 Å². The molecule has 0 bridgehead atoms. The minimum absolute atomic E-state index is 0.0304. The summed E-state index contributed by atoms with van der Waals surface area (Å²) in [4.78, 5) is 24.6. The van der Waals surface area contributed by atoms with E-state index in [-0.39, 0.29) is 23.5 Å². The maximum Gasteiger partial charge on any atom is 0.338 e. The lowest BCUT2D eigenvalue weighted by molar-refractivity contribution is -0.119. The molecule has 0 aliphatic carbocycles. The Morgan fingerprint density at radius 2 is 1.77 bits per heavy atom. The highest BCUT2D eigenvalue weighted by Gasteiger charge is 2.28. The van der Waals surface area contributed by atoms with Crippen LogP contribution in [0.3, 0.4) is 0 Å². The lowest BCUT2D eigenvalue weighted by Gasteiger charge is -2.26. The largest absolute Gasteiger partial charge is 0.452 e. The van der Waals surface area contributed by atoms with E-state index < -0.39 is 28.5 Å². The van der Waals surface area contributed by atoms with Gasteiger partial charge in [0.25, 0.3) is 5.91 Å². The summed E-state index contributed by atoms with van der Waals surface area (Å²) in [6.45, 7) is 4.08. The number of carbonyl (C=O) groups excluding carboxylic acids is 2. The molecule has 8 nitrogen and oxygen atoms in total. The first kappa shape index (κ1) is 23.2. The van der Waals surface area contributed by atoms with Gasteiger partial charge in [0.15, 0.2) is 6.61 Å². The molecule has 0 saturated carbocycles. The van der Waals surface area contributed by atoms with Gasteiger partial charge in [-0.05, 0) is 49.2 Å². The number of hydrogen-bond acceptors (Lipinski definition) is 6. The molecular weight excluding hydrogens is 444 g/mol. The zero-order valence-electron chi connectivity index (χ0n) is 17.2. The van der Waals surface area contributed by atoms with Gasteiger partial charge in [-0.1, -0.05) is 23.7 Å². The van der Waals surface area contributed by atoms with Crippen molar-refractivity contribution in [2.75, 3.05) is 38.2 Å². The molecule has 0 aromatic heterocycles. The van der Waals surface area contributed by atoms with Crippen molar-refractivity contribution in [2.45, 2.75) is 18.7 Å². The number of sulfonamides is 1. The molecule has 2 aromatic rings. The highest BCUT2D eigenvalue weighted by molar-refractivity contribution is 7.89. The zero-order chi connectivity index (χ0) is 22.6. The molecule has 1 heterocycles. The third kappa shape index (κ3) is 5.62. The van der Waals surface area contributed by atoms with Gasteiger partial charge in [0.1, 0.15) is 0 Å². The normalized spacial score (nSPS) is 14.8. The first-order valence-corrected chi connectivity index (χ1v) is 11.4. The first-order valence-electron chi connectivity index (χ1n) is 9.60. The van der Waals surface area contributed by atoms with E-state index in [1.807, 2.05) is 0 Å². The summed E-state index contributed by atoms with van der Waals surface area (Å²) in [6, 6.07) is 9.34. The average Bonchev–Trinajstić information content (AvgIpc) is 2.75. The van der Waals surface area contributed by atoms with Crippen LogP contribution in [0.4, 0.5) is 5.69 Å². The molecule has 1 N–H and O–H groups in total. The average molecular weight is 467 g/mol. The van der Waals surface area contributed by atoms with Crippen LogP contribution in [0.25, 0.3) is 0 Å². The van der Waals surface area contributed by atoms with Crippen LogP contribution in [-0.4, -0.2) is 57.5 Å². The van der Waals surface area contributed by atoms with Crippen molar-refractivity contribution in [1.29, 1.82) is 0 Å². The van der Waals surface area contributed by atoms with E-state index in [0.717, 1.165) is 5.56 Å². The van der Waals surface area contributed by atoms with E-state index in [0.29, 0.717) is 29.5 Å². The fourth-order valence-electron chi connectivity index (χ4n) is 3.06. The highest BCUT2D eigenvalue weighted by atomic mass is 35.5. The molecule has 166 valence electrons. The molecule has 0 unspecified atom stereocenters. The molecule has 0 radical (unpaired) electrons. The van der Waals surface area contributed by atoms with Crippen molar-refractivity contribution >= 4 is 39.2 Å². The number of benzene rings is 2. The van der Waals surface area contributed by atoms with Crippen molar-refractivity contribution in [3.05, 3.63) is 58.1 Å². The molecular formula is C21H23ClN2O6S. The smallest absolute Gasteiger partial charge is 0.338 e. The highest BCUT2D eigenvalue weighted by Crippen LogP contribution is 2.23. The second-order valence-electron chi connectivity index (χ2n) is 7.08. The Bertz CT molecular complexity index is 1100. The molecule has 0 spiro atoms. The van der Waals surface area contributed by atoms with Crippen LogP contribution in [0.1, 0.15) is 21.5 Å². The van der Waals surface area contributed by atoms with Gasteiger partial charge in [-0.15, -0.1) is 0 Å². The van der Waals surface area contributed by atoms with Gasteiger partial charge < -0.3 is 14.8 Å². The Morgan fingerprint density at radius 3 is 2.48 bits per heavy atom. The third-order valence-corrected chi connectivity index (χ3v) is 7.10. The van der Waals surface area contributed by atoms with Gasteiger partial charge in [0.2, 0.25) is 10.0 Å². The number of carbonyl (C=O) groups is 2. The summed E-state index contributed by atoms with van der Waals surface area (Å²) in [5.74, 6) is -1.33. The standard InChI is InChI=1S/C21H23ClN2O6S/c1-14-4-6-17(22)12-18(14)23-20(25)13-30-21(26)16-5-3-15(2)19(11-16)31(27,28)24-7-9-29-10-8-24/h3-6,11-12H,7-10,13H2,1-2H3,(H,23,25). The summed E-state index contributed by atoms with van der Waals surface area (Å²) in [7, 11) is -3.78. The van der Waals surface area contributed by atoms with Crippen LogP contribution in [0.15, 0.2) is 41.3 Å². The number of halogens is 1. The van der Waals surface area contributed by atoms with Gasteiger partial charge in [-0.25, -0.2) is 13.2 Å². The van der Waals surface area contributed by atoms with E-state index in [2.05, 4.69) is 5.32 Å². The van der Waals surface area contributed by atoms with E-state index in [1.165, 1.54) is 16.4 Å². The van der Waals surface area contributed by atoms with Crippen LogP contribution in [-0.2, 0) is 24.3 Å². The number of aryl methyl sites for hydroxylation is 2. The molecule has 1 amide bonds. The number of morpholine rings is 1. The van der Waals surface area contributed by atoms with Crippen LogP contribution >= 0.6 is 11.6 Å². The summed E-state index contributed by atoms with van der Waals surface area (Å²) < 4.78 is 37.5. The number of esters is 1. The number of ether oxygens (including phenoxy) is 2. The summed E-state index contributed by atoms with van der Waals surface area (Å²) in [5, 5.41) is 3.10. The molecule has 10 heteroatoms. The first-order chi connectivity index (χ1) is 14.7. The Labute approximate surface area is 186 Å². The fraction of sp³-hybridized carbons (Fsp3) is 0.333. The SMILES string of the molecule is Cc1ccc(Cl)cc1NC(=O)COC(=O)c1ccc(C)c(S(=O)(=O)N2CCOCC2)c1. The van der Waals surface area contributed by atoms with Crippen LogP contribution in [0.2, 0.25) is 5.02 Å². The van der Waals surface area contributed by atoms with Gasteiger partial charge >= 0.3 is 5.97 Å². The second-order valence-corrected chi connectivity index (χ2v) is 9.42. The minimum Gasteiger partial charge on any atom is -0.452 e. The molecule has 31 heavy (non-hydrogen) atoms. The predicted octanol–water partition coefficient (Wildman–Crippen LogP) is 2.77. The molecule has 1 fully saturated rings. The number of amides is 1. The molecule has 3 rings (SSSR count). The second kappa shape index (κ2) is 9.78. The van der Waals surface area contributed by atoms with Gasteiger partial charge in [-0.2, -0.15) is 4.31 Å². The lowest BCUT2D eigenvalue weighted by Crippen LogP contribution is -2.40. The molecule has 0 atom stereocenters. The summed E-state index contributed by atoms with van der Waals surface area (Å²) in [5.41, 5.74) is 1.88. The van der Waals surface area contributed by atoms with E-state index in [1.54, 1.807) is 38.1 Å². The third-order valence-electron chi connectivity index (χ3n) is 4.82. The summed E-state index contributed by atoms with van der Waals surface area (Å²) >= 11 is 5.93. The maximum absolute atomic E-state index is 13.0. The number of anilines is 1. The quantitative estimate of drug-likeness (QED) is 0.657. The van der Waals surface area contributed by atoms with Crippen LogP contribution in [0, 0.1) is 13.8 Å². The van der Waals surface area contributed by atoms with Crippen LogP contribution in [0.5, 0.6) is 0 Å². The predicted molar refractivity (Wildman–Crippen MR) is 116 cm³/mol. The maximum atomic E-state index is 13.0. The number of hydrogen-bond donors (Lipinski definition) is 1. The van der Waals surface area contributed by atoms with E-state index >= 15 is 0 Å². The Hall–Kier alpha value is -2.46. The molecule has 2 aromatic carbocycles. The van der Waals surface area contributed by atoms with Crippen molar-refractivity contribution < 1.29 is 27.5 Å². The lowest BCUT2D eigenvalue weighted by atomic mass is 10.1. The minimum atomic E-state index is -3.78. The Balaban J connectivity index is 1.68. The topological polar surface area (TPSA) is 102 Å². The van der Waals surface area contributed by atoms with Gasteiger partial charge in [-0.3, -0.25) is 4.79 Å². The van der Waals surface area contributed by atoms with Crippen molar-refractivity contribution in [1.82, 2.24) is 4.31 Å². The molecule has 1 saturated heterocycles. The van der Waals surface area contributed by atoms with Crippen molar-refractivity contribution in [2.24, 2.45) is 0 Å². The van der Waals surface area contributed by atoms with Crippen molar-refractivity contribution in [3.8, 4) is 0 Å². The zero-order valence-corrected chi connectivity index (χ0v) is 18.8. The van der Waals surface area contributed by atoms with Crippen molar-refractivity contribution in [3.63, 3.8) is 0 Å². The Morgan fingerprint density at radius 1 is 1.10 bits per heavy atom. The van der Waals surface area contributed by atoms with E-state index in [4.69, 9.17) is 21.1 Å². The van der Waals surface area contributed by atoms with E-state index in [9.17, 15) is 18.0 Å².